The molecule has 1 aliphatic carbocycles. The summed E-state index contributed by atoms with van der Waals surface area (Å²) in [7, 11) is 0. The van der Waals surface area contributed by atoms with Gasteiger partial charge in [0.25, 0.3) is 0 Å². The molecule has 1 N–H and O–H groups in total. The Morgan fingerprint density at radius 3 is 2.70 bits per heavy atom. The smallest absolute Gasteiger partial charge is 0.312 e. The predicted molar refractivity (Wildman–Crippen MR) is 125 cm³/mol. The van der Waals surface area contributed by atoms with Crippen molar-refractivity contribution < 1.29 is 4.79 Å². The van der Waals surface area contributed by atoms with Crippen LogP contribution in [-0.2, 0) is 19.3 Å². The summed E-state index contributed by atoms with van der Waals surface area (Å²) < 4.78 is 0. The van der Waals surface area contributed by atoms with E-state index in [9.17, 15) is 4.79 Å². The summed E-state index contributed by atoms with van der Waals surface area (Å²) in [6.07, 6.45) is 5.87. The lowest BCUT2D eigenvalue weighted by molar-refractivity contribution is 0.195. The summed E-state index contributed by atoms with van der Waals surface area (Å²) in [6, 6.07) is 16.0. The molecule has 1 aliphatic heterocycles. The topological polar surface area (TPSA) is 32.3 Å². The fourth-order valence-corrected chi connectivity index (χ4v) is 6.51. The first-order valence-electron chi connectivity index (χ1n) is 10.6. The summed E-state index contributed by atoms with van der Waals surface area (Å²) in [5.41, 5.74) is 6.04. The number of benzene rings is 2. The average molecular weight is 437 g/mol. The van der Waals surface area contributed by atoms with Crippen LogP contribution in [0.3, 0.4) is 0 Å². The van der Waals surface area contributed by atoms with E-state index in [-0.39, 0.29) is 12.1 Å². The monoisotopic (exact) mass is 436 g/mol. The first-order valence-corrected chi connectivity index (χ1v) is 11.8. The van der Waals surface area contributed by atoms with Gasteiger partial charge in [-0.05, 0) is 73.4 Å². The Balaban J connectivity index is 1.53. The van der Waals surface area contributed by atoms with Gasteiger partial charge >= 0.3 is 6.03 Å². The van der Waals surface area contributed by atoms with Crippen LogP contribution in [0.5, 0.6) is 0 Å². The summed E-state index contributed by atoms with van der Waals surface area (Å²) >= 11 is 8.10. The summed E-state index contributed by atoms with van der Waals surface area (Å²) in [5, 5.41) is 3.75. The third-order valence-corrected chi connectivity index (χ3v) is 7.91. The number of thiophene rings is 1. The van der Waals surface area contributed by atoms with Crippen LogP contribution in [0.1, 0.15) is 50.9 Å². The molecule has 0 bridgehead atoms. The lowest BCUT2D eigenvalue weighted by atomic mass is 9.88. The standard InChI is InChI=1S/C25H25ClN2OS/c1-16-11-12-18(26)15-21(16)27-25(29)28-14-13-20-19-9-5-6-10-22(19)30-24(20)23(28)17-7-3-2-4-8-17/h2-4,7-8,11-12,15,23H,5-6,9-10,13-14H2,1H3,(H,27,29)/t23-/m1/s1. The second kappa shape index (κ2) is 8.09. The minimum Gasteiger partial charge on any atom is -0.312 e. The van der Waals surface area contributed by atoms with Crippen molar-refractivity contribution in [1.82, 2.24) is 4.90 Å². The number of amides is 2. The molecule has 2 heterocycles. The molecule has 1 aromatic heterocycles. The van der Waals surface area contributed by atoms with Crippen LogP contribution >= 0.6 is 22.9 Å². The highest BCUT2D eigenvalue weighted by Crippen LogP contribution is 2.45. The van der Waals surface area contributed by atoms with Crippen molar-refractivity contribution in [3.63, 3.8) is 0 Å². The highest BCUT2D eigenvalue weighted by atomic mass is 35.5. The number of carbonyl (C=O) groups excluding carboxylic acids is 1. The Labute approximate surface area is 186 Å². The van der Waals surface area contributed by atoms with Gasteiger partial charge in [-0.3, -0.25) is 0 Å². The molecule has 3 nitrogen and oxygen atoms in total. The third kappa shape index (κ3) is 3.52. The van der Waals surface area contributed by atoms with Gasteiger partial charge in [0.05, 0.1) is 6.04 Å². The Morgan fingerprint density at radius 1 is 1.07 bits per heavy atom. The van der Waals surface area contributed by atoms with E-state index in [1.54, 1.807) is 10.4 Å². The van der Waals surface area contributed by atoms with Gasteiger partial charge in [-0.25, -0.2) is 4.79 Å². The van der Waals surface area contributed by atoms with Gasteiger partial charge in [-0.15, -0.1) is 11.3 Å². The van der Waals surface area contributed by atoms with E-state index >= 15 is 0 Å². The molecule has 0 saturated heterocycles. The van der Waals surface area contributed by atoms with Crippen LogP contribution in [0.2, 0.25) is 5.02 Å². The fourth-order valence-electron chi connectivity index (χ4n) is 4.75. The number of hydrogen-bond donors (Lipinski definition) is 1. The summed E-state index contributed by atoms with van der Waals surface area (Å²) in [4.78, 5) is 18.3. The fraction of sp³-hybridized carbons (Fsp3) is 0.320. The van der Waals surface area contributed by atoms with Crippen molar-refractivity contribution in [3.05, 3.63) is 85.6 Å². The zero-order chi connectivity index (χ0) is 20.7. The molecule has 0 fully saturated rings. The highest BCUT2D eigenvalue weighted by molar-refractivity contribution is 7.12. The molecule has 154 valence electrons. The number of nitrogens with one attached hydrogen (secondary N) is 1. The van der Waals surface area contributed by atoms with Crippen molar-refractivity contribution in [3.8, 4) is 0 Å². The molecule has 3 aromatic rings. The maximum absolute atomic E-state index is 13.4. The Bertz CT molecular complexity index is 1090. The maximum Gasteiger partial charge on any atom is 0.322 e. The second-order valence-corrected chi connectivity index (χ2v) is 9.77. The molecule has 5 heteroatoms. The zero-order valence-corrected chi connectivity index (χ0v) is 18.7. The molecular weight excluding hydrogens is 412 g/mol. The molecule has 0 spiro atoms. The van der Waals surface area contributed by atoms with Gasteiger partial charge in [0.1, 0.15) is 0 Å². The maximum atomic E-state index is 13.4. The van der Waals surface area contributed by atoms with Crippen LogP contribution in [0.4, 0.5) is 10.5 Å². The van der Waals surface area contributed by atoms with Crippen molar-refractivity contribution in [1.29, 1.82) is 0 Å². The van der Waals surface area contributed by atoms with Gasteiger partial charge in [-0.2, -0.15) is 0 Å². The van der Waals surface area contributed by atoms with E-state index < -0.39 is 0 Å². The lowest BCUT2D eigenvalue weighted by Gasteiger charge is -2.36. The Kier molecular flexibility index (Phi) is 5.30. The van der Waals surface area contributed by atoms with E-state index in [0.717, 1.165) is 24.2 Å². The van der Waals surface area contributed by atoms with E-state index in [2.05, 4.69) is 29.6 Å². The van der Waals surface area contributed by atoms with Gasteiger partial charge in [0.15, 0.2) is 0 Å². The van der Waals surface area contributed by atoms with Gasteiger partial charge in [0, 0.05) is 27.0 Å². The van der Waals surface area contributed by atoms with Crippen LogP contribution in [-0.4, -0.2) is 17.5 Å². The molecule has 2 aliphatic rings. The highest BCUT2D eigenvalue weighted by Gasteiger charge is 2.36. The van der Waals surface area contributed by atoms with Crippen molar-refractivity contribution in [2.45, 2.75) is 45.1 Å². The second-order valence-electron chi connectivity index (χ2n) is 8.20. The molecule has 0 radical (unpaired) electrons. The number of halogens is 1. The number of hydrogen-bond acceptors (Lipinski definition) is 2. The normalized spacial score (nSPS) is 17.9. The number of nitrogens with zero attached hydrogens (tertiary/aromatic N) is 1. The van der Waals surface area contributed by atoms with E-state index in [4.69, 9.17) is 11.6 Å². The van der Waals surface area contributed by atoms with Crippen LogP contribution < -0.4 is 5.32 Å². The first kappa shape index (κ1) is 19.7. The number of aryl methyl sites for hydroxylation is 2. The average Bonchev–Trinajstić information content (AvgIpc) is 3.15. The van der Waals surface area contributed by atoms with E-state index in [0.29, 0.717) is 5.02 Å². The largest absolute Gasteiger partial charge is 0.322 e. The minimum atomic E-state index is -0.0637. The quantitative estimate of drug-likeness (QED) is 0.472. The van der Waals surface area contributed by atoms with E-state index in [1.807, 2.05) is 47.4 Å². The Morgan fingerprint density at radius 2 is 1.87 bits per heavy atom. The number of fused-ring (bicyclic) bond motifs is 3. The van der Waals surface area contributed by atoms with Crippen LogP contribution in [0.15, 0.2) is 48.5 Å². The Hall–Kier alpha value is -2.30. The number of rotatable bonds is 2. The van der Waals surface area contributed by atoms with Crippen molar-refractivity contribution in [2.24, 2.45) is 0 Å². The van der Waals surface area contributed by atoms with Gasteiger partial charge < -0.3 is 10.2 Å². The van der Waals surface area contributed by atoms with Gasteiger partial charge in [-0.1, -0.05) is 48.0 Å². The van der Waals surface area contributed by atoms with Crippen molar-refractivity contribution >= 4 is 34.7 Å². The summed E-state index contributed by atoms with van der Waals surface area (Å²) in [5.74, 6) is 0. The zero-order valence-electron chi connectivity index (χ0n) is 17.1. The predicted octanol–water partition coefficient (Wildman–Crippen LogP) is 6.77. The van der Waals surface area contributed by atoms with E-state index in [1.165, 1.54) is 41.7 Å². The molecule has 0 unspecified atom stereocenters. The lowest BCUT2D eigenvalue weighted by Crippen LogP contribution is -2.42. The molecule has 0 saturated carbocycles. The number of carbonyl (C=O) groups is 1. The van der Waals surface area contributed by atoms with Crippen LogP contribution in [0.25, 0.3) is 0 Å². The van der Waals surface area contributed by atoms with Crippen LogP contribution in [0, 0.1) is 6.92 Å². The molecule has 2 aromatic carbocycles. The van der Waals surface area contributed by atoms with Gasteiger partial charge in [0.2, 0.25) is 0 Å². The molecule has 1 atom stereocenters. The third-order valence-electron chi connectivity index (χ3n) is 6.29. The molecular formula is C25H25ClN2OS. The first-order chi connectivity index (χ1) is 14.6. The number of anilines is 1. The van der Waals surface area contributed by atoms with Crippen molar-refractivity contribution in [2.75, 3.05) is 11.9 Å². The molecule has 2 amide bonds. The SMILES string of the molecule is Cc1ccc(Cl)cc1NC(=O)N1CCc2c(sc3c2CCCC3)[C@H]1c1ccccc1. The summed E-state index contributed by atoms with van der Waals surface area (Å²) in [6.45, 7) is 2.71. The number of urea groups is 1. The molecule has 30 heavy (non-hydrogen) atoms. The molecule has 5 rings (SSSR count). The minimum absolute atomic E-state index is 0.0370.